The lowest BCUT2D eigenvalue weighted by Gasteiger charge is -2.33. The zero-order valence-electron chi connectivity index (χ0n) is 15.3. The van der Waals surface area contributed by atoms with Gasteiger partial charge in [0.2, 0.25) is 0 Å². The average Bonchev–Trinajstić information content (AvgIpc) is 3.06. The van der Waals surface area contributed by atoms with Crippen LogP contribution in [-0.4, -0.2) is 60.5 Å². The van der Waals surface area contributed by atoms with Crippen LogP contribution in [0.1, 0.15) is 19.4 Å². The molecule has 1 saturated heterocycles. The molecule has 26 heavy (non-hydrogen) atoms. The molecule has 0 aliphatic carbocycles. The Morgan fingerprint density at radius 1 is 1.12 bits per heavy atom. The number of hydrogen-bond acceptors (Lipinski definition) is 6. The highest BCUT2D eigenvalue weighted by atomic mass is 16.6. The van der Waals surface area contributed by atoms with Crippen molar-refractivity contribution >= 4 is 17.7 Å². The van der Waals surface area contributed by atoms with Crippen LogP contribution in [0.5, 0.6) is 5.75 Å². The topological polar surface area (TPSA) is 49.7 Å². The maximum absolute atomic E-state index is 5.78. The Labute approximate surface area is 154 Å². The fourth-order valence-electron chi connectivity index (χ4n) is 3.00. The summed E-state index contributed by atoms with van der Waals surface area (Å²) < 4.78 is 10.9. The number of rotatable bonds is 6. The molecule has 0 saturated carbocycles. The Morgan fingerprint density at radius 2 is 1.92 bits per heavy atom. The summed E-state index contributed by atoms with van der Waals surface area (Å²) in [7, 11) is 0. The highest BCUT2D eigenvalue weighted by molar-refractivity contribution is 6.16. The van der Waals surface area contributed by atoms with E-state index in [2.05, 4.69) is 34.8 Å². The van der Waals surface area contributed by atoms with Crippen LogP contribution >= 0.6 is 0 Å². The average molecular weight is 352 g/mol. The molecule has 0 spiro atoms. The minimum atomic E-state index is 0.195. The second-order valence-electron chi connectivity index (χ2n) is 6.50. The van der Waals surface area contributed by atoms with E-state index in [4.69, 9.17) is 14.5 Å². The molecule has 3 heterocycles. The zero-order valence-corrected chi connectivity index (χ0v) is 15.3. The van der Waals surface area contributed by atoms with Crippen molar-refractivity contribution < 1.29 is 9.47 Å². The maximum atomic E-state index is 5.78. The zero-order chi connectivity index (χ0) is 17.9. The molecule has 3 aliphatic heterocycles. The summed E-state index contributed by atoms with van der Waals surface area (Å²) in [6, 6.07) is 8.05. The van der Waals surface area contributed by atoms with Gasteiger partial charge in [0.15, 0.2) is 11.7 Å². The van der Waals surface area contributed by atoms with Gasteiger partial charge in [0.1, 0.15) is 17.6 Å². The predicted molar refractivity (Wildman–Crippen MR) is 103 cm³/mol. The Hall–Kier alpha value is -2.60. The quantitative estimate of drug-likeness (QED) is 0.790. The lowest BCUT2D eigenvalue weighted by molar-refractivity contribution is -0.0796. The lowest BCUT2D eigenvalue weighted by Crippen LogP contribution is -2.43. The van der Waals surface area contributed by atoms with E-state index in [1.165, 1.54) is 0 Å². The predicted octanol–water partition coefficient (Wildman–Crippen LogP) is 2.74. The van der Waals surface area contributed by atoms with Gasteiger partial charge in [-0.05, 0) is 37.6 Å². The van der Waals surface area contributed by atoms with Gasteiger partial charge in [0.05, 0.1) is 19.9 Å². The van der Waals surface area contributed by atoms with E-state index in [1.54, 1.807) is 0 Å². The molecule has 1 aromatic rings. The number of fused-ring (bicyclic) bond motifs is 1. The van der Waals surface area contributed by atoms with Crippen molar-refractivity contribution in [2.24, 2.45) is 9.98 Å². The van der Waals surface area contributed by atoms with Gasteiger partial charge in [-0.3, -0.25) is 0 Å². The summed E-state index contributed by atoms with van der Waals surface area (Å²) >= 11 is 0. The molecule has 1 fully saturated rings. The van der Waals surface area contributed by atoms with Gasteiger partial charge in [-0.15, -0.1) is 0 Å². The number of aliphatic imine (C=N–C) groups is 2. The molecular formula is C20H24N4O2. The summed E-state index contributed by atoms with van der Waals surface area (Å²) in [5.41, 5.74) is 2.04. The first kappa shape index (κ1) is 16.8. The van der Waals surface area contributed by atoms with E-state index in [9.17, 15) is 0 Å². The minimum absolute atomic E-state index is 0.195. The van der Waals surface area contributed by atoms with Gasteiger partial charge in [-0.1, -0.05) is 18.2 Å². The Balaban J connectivity index is 1.44. The summed E-state index contributed by atoms with van der Waals surface area (Å²) in [5.74, 6) is 2.60. The van der Waals surface area contributed by atoms with Crippen LogP contribution in [0.3, 0.4) is 0 Å². The molecule has 4 rings (SSSR count). The Bertz CT molecular complexity index is 776. The molecule has 0 N–H and O–H groups in total. The third-order valence-electron chi connectivity index (χ3n) is 4.64. The maximum Gasteiger partial charge on any atom is 0.160 e. The number of ether oxygens (including phenoxy) is 2. The first-order valence-electron chi connectivity index (χ1n) is 9.16. The van der Waals surface area contributed by atoms with E-state index in [0.717, 1.165) is 48.4 Å². The van der Waals surface area contributed by atoms with Crippen LogP contribution in [0, 0.1) is 0 Å². The third-order valence-corrected chi connectivity index (χ3v) is 4.64. The number of benzene rings is 1. The summed E-state index contributed by atoms with van der Waals surface area (Å²) in [5, 5.41) is 0. The van der Waals surface area contributed by atoms with Gasteiger partial charge in [-0.2, -0.15) is 0 Å². The first-order valence-corrected chi connectivity index (χ1v) is 9.16. The summed E-state index contributed by atoms with van der Waals surface area (Å²) in [4.78, 5) is 13.9. The van der Waals surface area contributed by atoms with Crippen LogP contribution in [0.4, 0.5) is 0 Å². The SMILES string of the molecule is CCN1C=C2N=C(/C=C/c3ccc(OC4COC4)cc3)N=C2N(CC)C1. The molecule has 0 bridgehead atoms. The smallest absolute Gasteiger partial charge is 0.160 e. The Morgan fingerprint density at radius 3 is 2.58 bits per heavy atom. The summed E-state index contributed by atoms with van der Waals surface area (Å²) in [6.45, 7) is 8.42. The van der Waals surface area contributed by atoms with Crippen molar-refractivity contribution in [3.8, 4) is 5.75 Å². The van der Waals surface area contributed by atoms with E-state index in [0.29, 0.717) is 13.2 Å². The molecule has 0 amide bonds. The Kier molecular flexibility index (Phi) is 4.75. The van der Waals surface area contributed by atoms with Crippen LogP contribution < -0.4 is 4.74 Å². The van der Waals surface area contributed by atoms with E-state index in [-0.39, 0.29) is 6.10 Å². The number of hydrogen-bond donors (Lipinski definition) is 0. The van der Waals surface area contributed by atoms with Crippen molar-refractivity contribution in [2.45, 2.75) is 20.0 Å². The van der Waals surface area contributed by atoms with Crippen LogP contribution in [0.15, 0.2) is 52.2 Å². The molecule has 3 aliphatic rings. The summed E-state index contributed by atoms with van der Waals surface area (Å²) in [6.07, 6.45) is 6.29. The fourth-order valence-corrected chi connectivity index (χ4v) is 3.00. The van der Waals surface area contributed by atoms with Crippen LogP contribution in [0.2, 0.25) is 0 Å². The largest absolute Gasteiger partial charge is 0.486 e. The van der Waals surface area contributed by atoms with E-state index < -0.39 is 0 Å². The number of likely N-dealkylation sites (N-methyl/N-ethyl adjacent to an activating group) is 1. The van der Waals surface area contributed by atoms with Gasteiger partial charge in [0, 0.05) is 19.3 Å². The van der Waals surface area contributed by atoms with E-state index >= 15 is 0 Å². The standard InChI is InChI=1S/C20H24N4O2/c1-3-23-11-18-20(24(4-2)14-23)22-19(21-18)10-7-15-5-8-16(9-6-15)26-17-12-25-13-17/h5-11,17H,3-4,12-14H2,1-2H3/b10-7+. The second kappa shape index (κ2) is 7.33. The normalized spacial score (nSPS) is 19.8. The van der Waals surface area contributed by atoms with Crippen molar-refractivity contribution in [2.75, 3.05) is 33.0 Å². The van der Waals surface area contributed by atoms with Crippen molar-refractivity contribution in [3.63, 3.8) is 0 Å². The number of amidine groups is 2. The molecule has 6 heteroatoms. The van der Waals surface area contributed by atoms with Crippen LogP contribution in [0.25, 0.3) is 6.08 Å². The minimum Gasteiger partial charge on any atom is -0.486 e. The van der Waals surface area contributed by atoms with E-state index in [1.807, 2.05) is 36.4 Å². The lowest BCUT2D eigenvalue weighted by atomic mass is 10.2. The third kappa shape index (κ3) is 3.51. The second-order valence-corrected chi connectivity index (χ2v) is 6.50. The molecule has 0 radical (unpaired) electrons. The van der Waals surface area contributed by atoms with Crippen molar-refractivity contribution in [1.29, 1.82) is 0 Å². The molecular weight excluding hydrogens is 328 g/mol. The van der Waals surface area contributed by atoms with Gasteiger partial charge >= 0.3 is 0 Å². The number of nitrogens with zero attached hydrogens (tertiary/aromatic N) is 4. The molecule has 0 aromatic heterocycles. The molecule has 0 unspecified atom stereocenters. The van der Waals surface area contributed by atoms with Crippen LogP contribution in [-0.2, 0) is 4.74 Å². The van der Waals surface area contributed by atoms with Crippen molar-refractivity contribution in [1.82, 2.24) is 9.80 Å². The molecule has 1 aromatic carbocycles. The highest BCUT2D eigenvalue weighted by Crippen LogP contribution is 2.21. The molecule has 136 valence electrons. The fraction of sp³-hybridized carbons (Fsp3) is 0.400. The van der Waals surface area contributed by atoms with Gasteiger partial charge in [0.25, 0.3) is 0 Å². The first-order chi connectivity index (χ1) is 12.7. The van der Waals surface area contributed by atoms with Crippen molar-refractivity contribution in [3.05, 3.63) is 47.8 Å². The van der Waals surface area contributed by atoms with Gasteiger partial charge < -0.3 is 19.3 Å². The molecule has 0 atom stereocenters. The molecule has 6 nitrogen and oxygen atoms in total. The highest BCUT2D eigenvalue weighted by Gasteiger charge is 2.26. The van der Waals surface area contributed by atoms with Gasteiger partial charge in [-0.25, -0.2) is 9.98 Å². The monoisotopic (exact) mass is 352 g/mol.